The van der Waals surface area contributed by atoms with Gasteiger partial charge in [-0.15, -0.1) is 0 Å². The fourth-order valence-corrected chi connectivity index (χ4v) is 2.46. The van der Waals surface area contributed by atoms with Crippen LogP contribution in [0.5, 0.6) is 0 Å². The summed E-state index contributed by atoms with van der Waals surface area (Å²) in [6, 6.07) is 2.31. The van der Waals surface area contributed by atoms with Gasteiger partial charge in [0, 0.05) is 12.6 Å². The minimum atomic E-state index is 0.218. The van der Waals surface area contributed by atoms with Gasteiger partial charge in [0.25, 0.3) is 0 Å². The van der Waals surface area contributed by atoms with Crippen molar-refractivity contribution in [2.24, 2.45) is 0 Å². The number of carbonyl (C=O) groups excluding carboxylic acids is 1. The van der Waals surface area contributed by atoms with Gasteiger partial charge in [0.05, 0.1) is 12.5 Å². The van der Waals surface area contributed by atoms with E-state index in [0.717, 1.165) is 0 Å². The monoisotopic (exact) mass is 257 g/mol. The Balaban J connectivity index is 2.92. The summed E-state index contributed by atoms with van der Waals surface area (Å²) in [6.07, 6.45) is 1.12. The standard InChI is InChI=1S/C10H12ClN3OS/c1-7(2)14(5-3-4-12)10-13-9(11)8(6-15)16-10/h6-7H,3,5H2,1-2H3. The molecule has 0 saturated heterocycles. The Hall–Kier alpha value is -1.12. The second-order valence-electron chi connectivity index (χ2n) is 3.46. The second kappa shape index (κ2) is 5.83. The molecule has 0 bridgehead atoms. The van der Waals surface area contributed by atoms with Gasteiger partial charge in [-0.1, -0.05) is 22.9 Å². The summed E-state index contributed by atoms with van der Waals surface area (Å²) >= 11 is 7.06. The quantitative estimate of drug-likeness (QED) is 0.761. The van der Waals surface area contributed by atoms with Crippen LogP contribution in [0.4, 0.5) is 5.13 Å². The average Bonchev–Trinajstić information content (AvgIpc) is 2.59. The van der Waals surface area contributed by atoms with Gasteiger partial charge in [-0.05, 0) is 13.8 Å². The zero-order valence-corrected chi connectivity index (χ0v) is 10.7. The number of nitriles is 1. The van der Waals surface area contributed by atoms with Crippen molar-refractivity contribution in [1.29, 1.82) is 5.26 Å². The maximum absolute atomic E-state index is 10.7. The number of aldehydes is 1. The number of aromatic nitrogens is 1. The highest BCUT2D eigenvalue weighted by molar-refractivity contribution is 7.17. The van der Waals surface area contributed by atoms with Crippen LogP contribution < -0.4 is 4.90 Å². The molecule has 0 aliphatic carbocycles. The van der Waals surface area contributed by atoms with Gasteiger partial charge in [-0.2, -0.15) is 5.26 Å². The molecule has 1 aromatic heterocycles. The number of rotatable bonds is 5. The largest absolute Gasteiger partial charge is 0.345 e. The van der Waals surface area contributed by atoms with Crippen LogP contribution in [0.15, 0.2) is 0 Å². The van der Waals surface area contributed by atoms with E-state index in [1.54, 1.807) is 0 Å². The second-order valence-corrected chi connectivity index (χ2v) is 4.83. The molecule has 16 heavy (non-hydrogen) atoms. The first kappa shape index (κ1) is 12.9. The van der Waals surface area contributed by atoms with Crippen LogP contribution in [-0.2, 0) is 0 Å². The third-order valence-corrected chi connectivity index (χ3v) is 3.46. The first-order valence-electron chi connectivity index (χ1n) is 4.85. The van der Waals surface area contributed by atoms with Crippen LogP contribution in [0.1, 0.15) is 29.9 Å². The van der Waals surface area contributed by atoms with Gasteiger partial charge in [-0.25, -0.2) is 4.98 Å². The summed E-state index contributed by atoms with van der Waals surface area (Å²) in [5, 5.41) is 9.50. The van der Waals surface area contributed by atoms with Crippen molar-refractivity contribution >= 4 is 34.4 Å². The Bertz CT molecular complexity index is 411. The Morgan fingerprint density at radius 3 is 2.81 bits per heavy atom. The lowest BCUT2D eigenvalue weighted by Gasteiger charge is -2.24. The lowest BCUT2D eigenvalue weighted by molar-refractivity contribution is 0.112. The number of carbonyl (C=O) groups is 1. The molecule has 0 amide bonds. The molecule has 0 N–H and O–H groups in total. The van der Waals surface area contributed by atoms with Crippen molar-refractivity contribution in [3.8, 4) is 6.07 Å². The molecule has 1 rings (SSSR count). The molecule has 0 aliphatic rings. The fourth-order valence-electron chi connectivity index (χ4n) is 1.24. The SMILES string of the molecule is CC(C)N(CCC#N)c1nc(Cl)c(C=O)s1. The number of halogens is 1. The topological polar surface area (TPSA) is 57.0 Å². The van der Waals surface area contributed by atoms with Crippen LogP contribution in [-0.4, -0.2) is 23.9 Å². The van der Waals surface area contributed by atoms with E-state index in [9.17, 15) is 4.79 Å². The maximum atomic E-state index is 10.7. The van der Waals surface area contributed by atoms with E-state index in [1.165, 1.54) is 11.3 Å². The minimum Gasteiger partial charge on any atom is -0.345 e. The van der Waals surface area contributed by atoms with E-state index in [2.05, 4.69) is 11.1 Å². The summed E-state index contributed by atoms with van der Waals surface area (Å²) in [5.41, 5.74) is 0. The van der Waals surface area contributed by atoms with Crippen LogP contribution in [0.25, 0.3) is 0 Å². The van der Waals surface area contributed by atoms with Gasteiger partial charge in [0.1, 0.15) is 4.88 Å². The molecule has 0 spiro atoms. The lowest BCUT2D eigenvalue weighted by Crippen LogP contribution is -2.31. The molecule has 86 valence electrons. The molecule has 0 aromatic carbocycles. The van der Waals surface area contributed by atoms with Crippen molar-refractivity contribution in [2.45, 2.75) is 26.3 Å². The van der Waals surface area contributed by atoms with Crippen LogP contribution in [0.3, 0.4) is 0 Å². The van der Waals surface area contributed by atoms with Gasteiger partial charge in [0.15, 0.2) is 16.6 Å². The maximum Gasteiger partial charge on any atom is 0.187 e. The van der Waals surface area contributed by atoms with Crippen molar-refractivity contribution < 1.29 is 4.79 Å². The molecule has 0 unspecified atom stereocenters. The molecule has 0 radical (unpaired) electrons. The van der Waals surface area contributed by atoms with Crippen molar-refractivity contribution in [3.05, 3.63) is 10.0 Å². The Kier molecular flexibility index (Phi) is 4.71. The molecule has 1 aromatic rings. The van der Waals surface area contributed by atoms with E-state index in [0.29, 0.717) is 29.3 Å². The van der Waals surface area contributed by atoms with Gasteiger partial charge >= 0.3 is 0 Å². The highest BCUT2D eigenvalue weighted by Gasteiger charge is 2.17. The first-order chi connectivity index (χ1) is 7.60. The van der Waals surface area contributed by atoms with E-state index < -0.39 is 0 Å². The van der Waals surface area contributed by atoms with Gasteiger partial charge in [0.2, 0.25) is 0 Å². The predicted octanol–water partition coefficient (Wildman–Crippen LogP) is 2.74. The Morgan fingerprint density at radius 2 is 2.38 bits per heavy atom. The third-order valence-electron chi connectivity index (χ3n) is 2.04. The zero-order valence-electron chi connectivity index (χ0n) is 9.11. The normalized spacial score (nSPS) is 10.2. The van der Waals surface area contributed by atoms with Gasteiger partial charge < -0.3 is 4.90 Å². The Morgan fingerprint density at radius 1 is 1.69 bits per heavy atom. The van der Waals surface area contributed by atoms with Crippen molar-refractivity contribution in [1.82, 2.24) is 4.98 Å². The molecular formula is C10H12ClN3OS. The molecule has 6 heteroatoms. The lowest BCUT2D eigenvalue weighted by atomic mass is 10.3. The fraction of sp³-hybridized carbons (Fsp3) is 0.500. The van der Waals surface area contributed by atoms with Crippen molar-refractivity contribution in [2.75, 3.05) is 11.4 Å². The number of thiazole rings is 1. The third kappa shape index (κ3) is 2.94. The minimum absolute atomic E-state index is 0.218. The Labute approximate surface area is 103 Å². The van der Waals surface area contributed by atoms with Crippen molar-refractivity contribution in [3.63, 3.8) is 0 Å². The van der Waals surface area contributed by atoms with E-state index in [1.807, 2.05) is 18.7 Å². The smallest absolute Gasteiger partial charge is 0.187 e. The summed E-state index contributed by atoms with van der Waals surface area (Å²) in [6.45, 7) is 4.61. The molecular weight excluding hydrogens is 246 g/mol. The summed E-state index contributed by atoms with van der Waals surface area (Å²) < 4.78 is 0. The number of hydrogen-bond donors (Lipinski definition) is 0. The highest BCUT2D eigenvalue weighted by atomic mass is 35.5. The van der Waals surface area contributed by atoms with E-state index in [4.69, 9.17) is 16.9 Å². The summed E-state index contributed by atoms with van der Waals surface area (Å²) in [4.78, 5) is 17.2. The van der Waals surface area contributed by atoms with E-state index in [-0.39, 0.29) is 11.2 Å². The number of anilines is 1. The predicted molar refractivity (Wildman–Crippen MR) is 65.2 cm³/mol. The van der Waals surface area contributed by atoms with Crippen LogP contribution >= 0.6 is 22.9 Å². The molecule has 4 nitrogen and oxygen atoms in total. The molecule has 0 fully saturated rings. The zero-order chi connectivity index (χ0) is 12.1. The molecule has 1 heterocycles. The molecule has 0 aliphatic heterocycles. The summed E-state index contributed by atoms with van der Waals surface area (Å²) in [5.74, 6) is 0. The number of hydrogen-bond acceptors (Lipinski definition) is 5. The average molecular weight is 258 g/mol. The van der Waals surface area contributed by atoms with Gasteiger partial charge in [-0.3, -0.25) is 4.79 Å². The number of nitrogens with zero attached hydrogens (tertiary/aromatic N) is 3. The van der Waals surface area contributed by atoms with Crippen LogP contribution in [0.2, 0.25) is 5.15 Å². The first-order valence-corrected chi connectivity index (χ1v) is 6.04. The van der Waals surface area contributed by atoms with E-state index >= 15 is 0 Å². The summed E-state index contributed by atoms with van der Waals surface area (Å²) in [7, 11) is 0. The molecule has 0 saturated carbocycles. The van der Waals surface area contributed by atoms with Crippen LogP contribution in [0, 0.1) is 11.3 Å². The highest BCUT2D eigenvalue weighted by Crippen LogP contribution is 2.29. The molecule has 0 atom stereocenters.